The standard InChI is InChI=1S/C35H36ClN11O6/c1-37-29(49)18-53-27-15-20-14-21(5-7-25(20)44(2)33(27)51)39-30-24(36)17-38-34(42-30)46-11-8-19(9-12-46)32(50)40-22-4-6-23-26(16-22)45(3)43-31(23)47-13-10-28(48)41-35(47)52/h4-7,14-17,19H,8-13,18H2,1-3H3,(H,37,49)(H,40,50)(H,38,39,42)(H,41,48,52). The Kier molecular flexibility index (Phi) is 9.57. The molecule has 2 aromatic carbocycles. The SMILES string of the molecule is CNC(=O)COc1cc2cc(Nc3nc(N4CCC(C(=O)Nc5ccc6c(N7CCC(=O)NC7=O)nn(C)c6c5)CC4)ncc3Cl)ccc2n(C)c1=O. The van der Waals surface area contributed by atoms with Crippen LogP contribution in [0.25, 0.3) is 21.8 Å². The van der Waals surface area contributed by atoms with Crippen molar-refractivity contribution in [1.29, 1.82) is 0 Å². The van der Waals surface area contributed by atoms with Gasteiger partial charge in [-0.15, -0.1) is 0 Å². The molecule has 5 amide bonds. The van der Waals surface area contributed by atoms with Gasteiger partial charge in [0.05, 0.1) is 17.2 Å². The van der Waals surface area contributed by atoms with Crippen LogP contribution in [0, 0.1) is 5.92 Å². The van der Waals surface area contributed by atoms with Crippen LogP contribution >= 0.6 is 11.6 Å². The van der Waals surface area contributed by atoms with Crippen molar-refractivity contribution in [2.75, 3.05) is 53.7 Å². The molecule has 0 unspecified atom stereocenters. The molecule has 0 saturated carbocycles. The van der Waals surface area contributed by atoms with Gasteiger partial charge >= 0.3 is 6.03 Å². The predicted molar refractivity (Wildman–Crippen MR) is 199 cm³/mol. The molecule has 0 aliphatic carbocycles. The largest absolute Gasteiger partial charge is 0.478 e. The van der Waals surface area contributed by atoms with Gasteiger partial charge in [0.25, 0.3) is 11.5 Å². The number of piperidine rings is 1. The van der Waals surface area contributed by atoms with Crippen molar-refractivity contribution in [2.45, 2.75) is 19.3 Å². The van der Waals surface area contributed by atoms with Crippen LogP contribution in [0.4, 0.5) is 33.8 Å². The van der Waals surface area contributed by atoms with Gasteiger partial charge in [-0.3, -0.25) is 34.1 Å². The van der Waals surface area contributed by atoms with Gasteiger partial charge in [0.1, 0.15) is 5.02 Å². The number of ether oxygens (including phenoxy) is 1. The normalized spacial score (nSPS) is 15.1. The molecule has 274 valence electrons. The van der Waals surface area contributed by atoms with Crippen LogP contribution in [-0.2, 0) is 28.5 Å². The Bertz CT molecular complexity index is 2350. The Hall–Kier alpha value is -6.23. The average Bonchev–Trinajstić information content (AvgIpc) is 3.48. The zero-order chi connectivity index (χ0) is 37.4. The number of nitrogens with zero attached hydrogens (tertiary/aromatic N) is 7. The third-order valence-electron chi connectivity index (χ3n) is 9.38. The highest BCUT2D eigenvalue weighted by molar-refractivity contribution is 6.33. The predicted octanol–water partition coefficient (Wildman–Crippen LogP) is 3.04. The number of hydrogen-bond donors (Lipinski definition) is 4. The van der Waals surface area contributed by atoms with Gasteiger partial charge in [0.15, 0.2) is 24.0 Å². The van der Waals surface area contributed by atoms with E-state index < -0.39 is 6.03 Å². The Morgan fingerprint density at radius 3 is 2.53 bits per heavy atom. The Morgan fingerprint density at radius 2 is 1.77 bits per heavy atom. The van der Waals surface area contributed by atoms with Crippen LogP contribution < -0.4 is 41.4 Å². The summed E-state index contributed by atoms with van der Waals surface area (Å²) in [5.74, 6) is 0.346. The lowest BCUT2D eigenvalue weighted by molar-refractivity contribution is -0.123. The van der Waals surface area contributed by atoms with E-state index in [4.69, 9.17) is 21.3 Å². The summed E-state index contributed by atoms with van der Waals surface area (Å²) in [5, 5.41) is 17.3. The van der Waals surface area contributed by atoms with Crippen molar-refractivity contribution in [3.8, 4) is 5.75 Å². The molecule has 5 heterocycles. The van der Waals surface area contributed by atoms with E-state index in [1.165, 1.54) is 22.7 Å². The summed E-state index contributed by atoms with van der Waals surface area (Å²) in [7, 11) is 4.88. The van der Waals surface area contributed by atoms with Crippen LogP contribution in [-0.4, -0.2) is 81.4 Å². The minimum Gasteiger partial charge on any atom is -0.478 e. The first-order chi connectivity index (χ1) is 25.5. The number of likely N-dealkylation sites (N-methyl/N-ethyl adjacent to an activating group) is 1. The topological polar surface area (TPSA) is 198 Å². The molecule has 2 saturated heterocycles. The third-order valence-corrected chi connectivity index (χ3v) is 9.66. The first-order valence-corrected chi connectivity index (χ1v) is 17.3. The van der Waals surface area contributed by atoms with E-state index in [0.717, 1.165) is 10.9 Å². The molecule has 2 aliphatic heterocycles. The molecule has 0 radical (unpaired) electrons. The van der Waals surface area contributed by atoms with Gasteiger partial charge in [-0.2, -0.15) is 10.1 Å². The fraction of sp³-hybridized carbons (Fsp3) is 0.314. The number of carbonyl (C=O) groups excluding carboxylic acids is 4. The summed E-state index contributed by atoms with van der Waals surface area (Å²) in [6.07, 6.45) is 2.87. The molecule has 3 aromatic heterocycles. The fourth-order valence-corrected chi connectivity index (χ4v) is 6.59. The van der Waals surface area contributed by atoms with Gasteiger partial charge in [-0.1, -0.05) is 11.6 Å². The molecule has 5 aromatic rings. The Morgan fingerprint density at radius 1 is 1.00 bits per heavy atom. The highest BCUT2D eigenvalue weighted by Gasteiger charge is 2.29. The number of carbonyl (C=O) groups is 4. The summed E-state index contributed by atoms with van der Waals surface area (Å²) in [5.41, 5.74) is 2.30. The van der Waals surface area contributed by atoms with Gasteiger partial charge in [0, 0.05) is 75.3 Å². The van der Waals surface area contributed by atoms with Gasteiger partial charge < -0.3 is 30.2 Å². The molecule has 2 fully saturated rings. The highest BCUT2D eigenvalue weighted by atomic mass is 35.5. The van der Waals surface area contributed by atoms with E-state index in [0.29, 0.717) is 70.8 Å². The van der Waals surface area contributed by atoms with E-state index in [2.05, 4.69) is 31.3 Å². The zero-order valence-electron chi connectivity index (χ0n) is 29.1. The molecular formula is C35H36ClN11O6. The highest BCUT2D eigenvalue weighted by Crippen LogP contribution is 2.31. The number of aromatic nitrogens is 5. The minimum absolute atomic E-state index is 0.0497. The Labute approximate surface area is 307 Å². The minimum atomic E-state index is -0.511. The summed E-state index contributed by atoms with van der Waals surface area (Å²) < 4.78 is 8.57. The van der Waals surface area contributed by atoms with Crippen LogP contribution in [0.15, 0.2) is 53.5 Å². The first-order valence-electron chi connectivity index (χ1n) is 16.9. The average molecular weight is 742 g/mol. The second-order valence-corrected chi connectivity index (χ2v) is 13.2. The number of imide groups is 1. The molecule has 17 nitrogen and oxygen atoms in total. The molecular weight excluding hydrogens is 706 g/mol. The smallest absolute Gasteiger partial charge is 0.329 e. The number of amides is 5. The number of aryl methyl sites for hydroxylation is 2. The van der Waals surface area contributed by atoms with Crippen molar-refractivity contribution < 1.29 is 23.9 Å². The van der Waals surface area contributed by atoms with E-state index in [1.54, 1.807) is 43.0 Å². The lowest BCUT2D eigenvalue weighted by Gasteiger charge is -2.31. The summed E-state index contributed by atoms with van der Waals surface area (Å²) in [4.78, 5) is 74.4. The zero-order valence-corrected chi connectivity index (χ0v) is 29.9. The number of halogens is 1. The number of urea groups is 1. The van der Waals surface area contributed by atoms with E-state index in [-0.39, 0.29) is 54.5 Å². The van der Waals surface area contributed by atoms with Crippen molar-refractivity contribution in [2.24, 2.45) is 20.0 Å². The summed E-state index contributed by atoms with van der Waals surface area (Å²) in [6, 6.07) is 11.9. The third kappa shape index (κ3) is 7.15. The molecule has 18 heteroatoms. The molecule has 4 N–H and O–H groups in total. The van der Waals surface area contributed by atoms with Crippen molar-refractivity contribution >= 4 is 86.1 Å². The number of pyridine rings is 1. The molecule has 7 rings (SSSR count). The number of rotatable bonds is 9. The van der Waals surface area contributed by atoms with Crippen molar-refractivity contribution in [3.63, 3.8) is 0 Å². The molecule has 2 aliphatic rings. The van der Waals surface area contributed by atoms with E-state index in [9.17, 15) is 24.0 Å². The molecule has 0 spiro atoms. The van der Waals surface area contributed by atoms with Gasteiger partial charge in [0.2, 0.25) is 17.8 Å². The second kappa shape index (κ2) is 14.4. The monoisotopic (exact) mass is 741 g/mol. The molecule has 0 atom stereocenters. The maximum absolute atomic E-state index is 13.3. The van der Waals surface area contributed by atoms with Crippen LogP contribution in [0.5, 0.6) is 5.75 Å². The fourth-order valence-electron chi connectivity index (χ4n) is 6.45. The van der Waals surface area contributed by atoms with E-state index in [1.807, 2.05) is 23.1 Å². The van der Waals surface area contributed by atoms with E-state index >= 15 is 0 Å². The molecule has 0 bridgehead atoms. The number of anilines is 5. The maximum atomic E-state index is 13.3. The first kappa shape index (κ1) is 35.2. The van der Waals surface area contributed by atoms with Crippen molar-refractivity contribution in [3.05, 3.63) is 64.0 Å². The van der Waals surface area contributed by atoms with Crippen LogP contribution in [0.3, 0.4) is 0 Å². The van der Waals surface area contributed by atoms with Gasteiger partial charge in [-0.05, 0) is 55.3 Å². The van der Waals surface area contributed by atoms with Crippen LogP contribution in [0.1, 0.15) is 19.3 Å². The second-order valence-electron chi connectivity index (χ2n) is 12.8. The maximum Gasteiger partial charge on any atom is 0.329 e. The number of nitrogens with one attached hydrogen (secondary N) is 4. The summed E-state index contributed by atoms with van der Waals surface area (Å²) in [6.45, 7) is 1.05. The van der Waals surface area contributed by atoms with Gasteiger partial charge in [-0.25, -0.2) is 9.78 Å². The molecule has 53 heavy (non-hydrogen) atoms. The lowest BCUT2D eigenvalue weighted by Crippen LogP contribution is -2.49. The van der Waals surface area contributed by atoms with Crippen LogP contribution in [0.2, 0.25) is 5.02 Å². The summed E-state index contributed by atoms with van der Waals surface area (Å²) >= 11 is 6.50. The Balaban J connectivity index is 0.995. The van der Waals surface area contributed by atoms with Crippen molar-refractivity contribution in [1.82, 2.24) is 34.9 Å². The number of fused-ring (bicyclic) bond motifs is 2. The quantitative estimate of drug-likeness (QED) is 0.173. The lowest BCUT2D eigenvalue weighted by atomic mass is 9.96. The number of benzene rings is 2. The number of hydrogen-bond acceptors (Lipinski definition) is 11.